The minimum absolute atomic E-state index is 0.119. The molecule has 72 valence electrons. The molecule has 0 bridgehead atoms. The van der Waals surface area contributed by atoms with Crippen LogP contribution in [0.4, 0.5) is 0 Å². The van der Waals surface area contributed by atoms with E-state index in [2.05, 4.69) is 20.8 Å². The topological polar surface area (TPSA) is 22.0 Å². The van der Waals surface area contributed by atoms with E-state index in [9.17, 15) is 4.79 Å². The maximum absolute atomic E-state index is 11.6. The van der Waals surface area contributed by atoms with Gasteiger partial charge in [-0.3, -0.25) is 4.79 Å². The molecule has 13 heavy (non-hydrogen) atoms. The summed E-state index contributed by atoms with van der Waals surface area (Å²) in [6.45, 7) is 6.21. The molecule has 1 aromatic heterocycles. The Bertz CT molecular complexity index is 327. The predicted molar refractivity (Wildman–Crippen MR) is 55.1 cm³/mol. The van der Waals surface area contributed by atoms with E-state index in [4.69, 9.17) is 0 Å². The van der Waals surface area contributed by atoms with Crippen LogP contribution in [0.15, 0.2) is 23.1 Å². The summed E-state index contributed by atoms with van der Waals surface area (Å²) in [6, 6.07) is 4.05. The number of aromatic nitrogens is 1. The highest BCUT2D eigenvalue weighted by molar-refractivity contribution is 5.10. The van der Waals surface area contributed by atoms with Crippen LogP contribution in [0.25, 0.3) is 0 Å². The van der Waals surface area contributed by atoms with Crippen LogP contribution in [0.2, 0.25) is 0 Å². The highest BCUT2D eigenvalue weighted by Crippen LogP contribution is 2.06. The summed E-state index contributed by atoms with van der Waals surface area (Å²) in [4.78, 5) is 11.6. The molecule has 0 saturated heterocycles. The maximum atomic E-state index is 11.6. The Kier molecular flexibility index (Phi) is 3.29. The van der Waals surface area contributed by atoms with Crippen LogP contribution < -0.4 is 5.56 Å². The smallest absolute Gasteiger partial charge is 0.251 e. The Morgan fingerprint density at radius 3 is 2.62 bits per heavy atom. The number of pyridine rings is 1. The van der Waals surface area contributed by atoms with Crippen LogP contribution in [0.1, 0.15) is 38.8 Å². The molecular weight excluding hydrogens is 162 g/mol. The molecular formula is C11H17NO. The minimum Gasteiger partial charge on any atom is -0.313 e. The molecule has 1 heterocycles. The first-order valence-corrected chi connectivity index (χ1v) is 4.90. The van der Waals surface area contributed by atoms with Crippen LogP contribution in [0, 0.1) is 0 Å². The average Bonchev–Trinajstić information content (AvgIpc) is 2.16. The lowest BCUT2D eigenvalue weighted by Crippen LogP contribution is -2.21. The second-order valence-electron chi connectivity index (χ2n) is 3.39. The highest BCUT2D eigenvalue weighted by Gasteiger charge is 2.03. The van der Waals surface area contributed by atoms with Crippen molar-refractivity contribution in [2.45, 2.75) is 39.7 Å². The molecule has 1 unspecified atom stereocenters. The molecule has 0 N–H and O–H groups in total. The quantitative estimate of drug-likeness (QED) is 0.698. The van der Waals surface area contributed by atoms with Gasteiger partial charge in [-0.25, -0.2) is 0 Å². The summed E-state index contributed by atoms with van der Waals surface area (Å²) in [5, 5.41) is 0. The second kappa shape index (κ2) is 4.26. The van der Waals surface area contributed by atoms with E-state index in [0.717, 1.165) is 18.4 Å². The first-order chi connectivity index (χ1) is 6.19. The van der Waals surface area contributed by atoms with E-state index in [0.29, 0.717) is 6.04 Å². The standard InChI is InChI=1S/C11H17NO/c1-4-9(3)12-7-6-10(5-2)8-11(12)13/h6-9H,4-5H2,1-3H3. The van der Waals surface area contributed by atoms with E-state index in [1.807, 2.05) is 12.3 Å². The molecule has 0 aliphatic rings. The zero-order valence-corrected chi connectivity index (χ0v) is 8.58. The largest absolute Gasteiger partial charge is 0.313 e. The normalized spacial score (nSPS) is 12.8. The Morgan fingerprint density at radius 1 is 1.46 bits per heavy atom. The molecule has 0 fully saturated rings. The van der Waals surface area contributed by atoms with Gasteiger partial charge in [-0.2, -0.15) is 0 Å². The number of aryl methyl sites for hydroxylation is 1. The van der Waals surface area contributed by atoms with E-state index >= 15 is 0 Å². The number of nitrogens with zero attached hydrogens (tertiary/aromatic N) is 1. The van der Waals surface area contributed by atoms with Crippen LogP contribution in [0.3, 0.4) is 0 Å². The summed E-state index contributed by atoms with van der Waals surface area (Å²) >= 11 is 0. The third-order valence-electron chi connectivity index (χ3n) is 2.49. The summed E-state index contributed by atoms with van der Waals surface area (Å²) < 4.78 is 1.79. The average molecular weight is 179 g/mol. The SMILES string of the molecule is CCc1ccn(C(C)CC)c(=O)c1. The lowest BCUT2D eigenvalue weighted by Gasteiger charge is -2.12. The van der Waals surface area contributed by atoms with E-state index in [-0.39, 0.29) is 5.56 Å². The Labute approximate surface area is 79.2 Å². The van der Waals surface area contributed by atoms with E-state index < -0.39 is 0 Å². The van der Waals surface area contributed by atoms with Crippen molar-refractivity contribution >= 4 is 0 Å². The van der Waals surface area contributed by atoms with Gasteiger partial charge in [0.25, 0.3) is 5.56 Å². The molecule has 1 atom stereocenters. The van der Waals surface area contributed by atoms with Gasteiger partial charge in [-0.05, 0) is 31.4 Å². The van der Waals surface area contributed by atoms with Crippen LogP contribution in [0.5, 0.6) is 0 Å². The Morgan fingerprint density at radius 2 is 2.15 bits per heavy atom. The Hall–Kier alpha value is -1.05. The molecule has 0 aliphatic carbocycles. The molecule has 0 aromatic carbocycles. The second-order valence-corrected chi connectivity index (χ2v) is 3.39. The van der Waals surface area contributed by atoms with E-state index in [1.165, 1.54) is 0 Å². The van der Waals surface area contributed by atoms with Crippen LogP contribution >= 0.6 is 0 Å². The zero-order chi connectivity index (χ0) is 9.84. The Balaban J connectivity index is 3.05. The number of hydrogen-bond acceptors (Lipinski definition) is 1. The molecule has 0 spiro atoms. The third kappa shape index (κ3) is 2.20. The van der Waals surface area contributed by atoms with Crippen molar-refractivity contribution in [2.24, 2.45) is 0 Å². The van der Waals surface area contributed by atoms with Gasteiger partial charge < -0.3 is 4.57 Å². The highest BCUT2D eigenvalue weighted by atomic mass is 16.1. The van der Waals surface area contributed by atoms with Crippen LogP contribution in [-0.4, -0.2) is 4.57 Å². The van der Waals surface area contributed by atoms with Gasteiger partial charge in [0.15, 0.2) is 0 Å². The fourth-order valence-electron chi connectivity index (χ4n) is 1.31. The van der Waals surface area contributed by atoms with Gasteiger partial charge in [0.05, 0.1) is 0 Å². The van der Waals surface area contributed by atoms with Crippen molar-refractivity contribution in [1.82, 2.24) is 4.57 Å². The molecule has 2 heteroatoms. The van der Waals surface area contributed by atoms with Crippen molar-refractivity contribution in [3.8, 4) is 0 Å². The van der Waals surface area contributed by atoms with Gasteiger partial charge in [0.2, 0.25) is 0 Å². The molecule has 0 aliphatic heterocycles. The van der Waals surface area contributed by atoms with Crippen LogP contribution in [-0.2, 0) is 6.42 Å². The van der Waals surface area contributed by atoms with Crippen molar-refractivity contribution in [2.75, 3.05) is 0 Å². The summed E-state index contributed by atoms with van der Waals surface area (Å²) in [6.07, 6.45) is 3.82. The lowest BCUT2D eigenvalue weighted by atomic mass is 10.2. The van der Waals surface area contributed by atoms with Crippen molar-refractivity contribution in [1.29, 1.82) is 0 Å². The van der Waals surface area contributed by atoms with Gasteiger partial charge in [0.1, 0.15) is 0 Å². The maximum Gasteiger partial charge on any atom is 0.251 e. The zero-order valence-electron chi connectivity index (χ0n) is 8.58. The fraction of sp³-hybridized carbons (Fsp3) is 0.545. The van der Waals surface area contributed by atoms with Crippen molar-refractivity contribution in [3.05, 3.63) is 34.2 Å². The fourth-order valence-corrected chi connectivity index (χ4v) is 1.31. The van der Waals surface area contributed by atoms with Crippen molar-refractivity contribution in [3.63, 3.8) is 0 Å². The van der Waals surface area contributed by atoms with Gasteiger partial charge in [0, 0.05) is 18.3 Å². The molecule has 0 amide bonds. The molecule has 0 saturated carbocycles. The van der Waals surface area contributed by atoms with Gasteiger partial charge in [-0.1, -0.05) is 13.8 Å². The first-order valence-electron chi connectivity index (χ1n) is 4.90. The molecule has 1 aromatic rings. The lowest BCUT2D eigenvalue weighted by molar-refractivity contribution is 0.513. The van der Waals surface area contributed by atoms with E-state index in [1.54, 1.807) is 10.6 Å². The molecule has 1 rings (SSSR count). The van der Waals surface area contributed by atoms with Gasteiger partial charge in [-0.15, -0.1) is 0 Å². The third-order valence-corrected chi connectivity index (χ3v) is 2.49. The summed E-state index contributed by atoms with van der Waals surface area (Å²) in [7, 11) is 0. The monoisotopic (exact) mass is 179 g/mol. The summed E-state index contributed by atoms with van der Waals surface area (Å²) in [5.74, 6) is 0. The van der Waals surface area contributed by atoms with Crippen molar-refractivity contribution < 1.29 is 0 Å². The predicted octanol–water partition coefficient (Wildman–Crippen LogP) is 2.38. The minimum atomic E-state index is 0.119. The van der Waals surface area contributed by atoms with Gasteiger partial charge >= 0.3 is 0 Å². The molecule has 2 nitrogen and oxygen atoms in total. The first kappa shape index (κ1) is 10.0. The number of rotatable bonds is 3. The summed E-state index contributed by atoms with van der Waals surface area (Å²) in [5.41, 5.74) is 1.23. The number of hydrogen-bond donors (Lipinski definition) is 0. The molecule has 0 radical (unpaired) electrons.